The van der Waals surface area contributed by atoms with Gasteiger partial charge in [0, 0.05) is 48.2 Å². The Hall–Kier alpha value is -2.82. The van der Waals surface area contributed by atoms with Crippen LogP contribution in [-0.4, -0.2) is 19.9 Å². The van der Waals surface area contributed by atoms with Crippen LogP contribution in [0.4, 0.5) is 5.82 Å². The molecule has 0 saturated carbocycles. The van der Waals surface area contributed by atoms with Crippen LogP contribution < -0.4 is 5.32 Å². The van der Waals surface area contributed by atoms with Crippen molar-refractivity contribution in [2.45, 2.75) is 32.7 Å². The Bertz CT molecular complexity index is 861. The molecular formula is C19H19N5. The lowest BCUT2D eigenvalue weighted by molar-refractivity contribution is 0.899. The number of nitrogens with zero attached hydrogens (tertiary/aromatic N) is 4. The highest BCUT2D eigenvalue weighted by molar-refractivity contribution is 5.60. The summed E-state index contributed by atoms with van der Waals surface area (Å²) in [4.78, 5) is 17.8. The van der Waals surface area contributed by atoms with Crippen molar-refractivity contribution < 1.29 is 0 Å². The number of aromatic nitrogens is 4. The van der Waals surface area contributed by atoms with Crippen LogP contribution in [0.15, 0.2) is 43.0 Å². The van der Waals surface area contributed by atoms with Gasteiger partial charge in [0.1, 0.15) is 5.82 Å². The summed E-state index contributed by atoms with van der Waals surface area (Å²) in [6.07, 6.45) is 10.5. The van der Waals surface area contributed by atoms with Crippen LogP contribution in [0, 0.1) is 6.92 Å². The van der Waals surface area contributed by atoms with E-state index in [1.54, 1.807) is 12.4 Å². The molecule has 0 unspecified atom stereocenters. The van der Waals surface area contributed by atoms with Crippen LogP contribution in [0.3, 0.4) is 0 Å². The molecule has 3 aromatic heterocycles. The van der Waals surface area contributed by atoms with Crippen LogP contribution in [0.25, 0.3) is 11.4 Å². The molecule has 5 nitrogen and oxygen atoms in total. The van der Waals surface area contributed by atoms with Gasteiger partial charge in [-0.3, -0.25) is 9.97 Å². The number of nitrogens with one attached hydrogen (secondary N) is 1. The van der Waals surface area contributed by atoms with Crippen LogP contribution in [0.1, 0.15) is 28.8 Å². The minimum absolute atomic E-state index is 0.744. The molecule has 24 heavy (non-hydrogen) atoms. The lowest BCUT2D eigenvalue weighted by atomic mass is 10.1. The third-order valence-electron chi connectivity index (χ3n) is 4.45. The smallest absolute Gasteiger partial charge is 0.161 e. The highest BCUT2D eigenvalue weighted by Crippen LogP contribution is 2.29. The zero-order valence-electron chi connectivity index (χ0n) is 13.7. The summed E-state index contributed by atoms with van der Waals surface area (Å²) in [5.74, 6) is 1.73. The van der Waals surface area contributed by atoms with Gasteiger partial charge in [-0.25, -0.2) is 9.97 Å². The van der Waals surface area contributed by atoms with Gasteiger partial charge in [0.25, 0.3) is 0 Å². The summed E-state index contributed by atoms with van der Waals surface area (Å²) < 4.78 is 0. The molecule has 120 valence electrons. The van der Waals surface area contributed by atoms with E-state index in [9.17, 15) is 0 Å². The van der Waals surface area contributed by atoms with Crippen molar-refractivity contribution in [2.24, 2.45) is 0 Å². The number of anilines is 1. The lowest BCUT2D eigenvalue weighted by Crippen LogP contribution is -2.08. The maximum atomic E-state index is 4.79. The average Bonchev–Trinajstić information content (AvgIpc) is 3.10. The zero-order valence-corrected chi connectivity index (χ0v) is 13.7. The molecular weight excluding hydrogens is 298 g/mol. The number of aryl methyl sites for hydroxylation is 2. The van der Waals surface area contributed by atoms with E-state index in [0.717, 1.165) is 43.0 Å². The van der Waals surface area contributed by atoms with Crippen LogP contribution in [0.5, 0.6) is 0 Å². The van der Waals surface area contributed by atoms with Gasteiger partial charge in [0.2, 0.25) is 0 Å². The van der Waals surface area contributed by atoms with Gasteiger partial charge in [-0.05, 0) is 55.5 Å². The lowest BCUT2D eigenvalue weighted by Gasteiger charge is -2.13. The van der Waals surface area contributed by atoms with E-state index in [1.807, 2.05) is 30.6 Å². The van der Waals surface area contributed by atoms with Crippen molar-refractivity contribution in [1.82, 2.24) is 19.9 Å². The minimum atomic E-state index is 0.744. The Kier molecular flexibility index (Phi) is 3.91. The average molecular weight is 317 g/mol. The predicted molar refractivity (Wildman–Crippen MR) is 93.6 cm³/mol. The van der Waals surface area contributed by atoms with Crippen molar-refractivity contribution in [3.05, 3.63) is 65.4 Å². The van der Waals surface area contributed by atoms with Crippen LogP contribution in [0.2, 0.25) is 0 Å². The standard InChI is InChI=1S/C19H19N5/c1-13-11-21-10-7-15(13)12-22-19-16-3-2-4-17(16)23-18(24-19)14-5-8-20-9-6-14/h5-11H,2-4,12H2,1H3,(H,22,23,24). The largest absolute Gasteiger partial charge is 0.366 e. The van der Waals surface area contributed by atoms with E-state index in [-0.39, 0.29) is 0 Å². The molecule has 5 heteroatoms. The number of fused-ring (bicyclic) bond motifs is 1. The van der Waals surface area contributed by atoms with Gasteiger partial charge < -0.3 is 5.32 Å². The summed E-state index contributed by atoms with van der Waals surface area (Å²) in [6.45, 7) is 2.82. The fourth-order valence-corrected chi connectivity index (χ4v) is 3.09. The third kappa shape index (κ3) is 2.85. The van der Waals surface area contributed by atoms with Crippen molar-refractivity contribution in [1.29, 1.82) is 0 Å². The van der Waals surface area contributed by atoms with E-state index >= 15 is 0 Å². The molecule has 3 heterocycles. The first-order chi connectivity index (χ1) is 11.8. The van der Waals surface area contributed by atoms with Crippen molar-refractivity contribution in [2.75, 3.05) is 5.32 Å². The number of rotatable bonds is 4. The maximum absolute atomic E-state index is 4.79. The Morgan fingerprint density at radius 1 is 1.00 bits per heavy atom. The molecule has 4 rings (SSSR count). The molecule has 1 aliphatic carbocycles. The first-order valence-electron chi connectivity index (χ1n) is 8.25. The molecule has 0 aliphatic heterocycles. The third-order valence-corrected chi connectivity index (χ3v) is 4.45. The summed E-state index contributed by atoms with van der Waals surface area (Å²) in [5.41, 5.74) is 5.86. The molecule has 1 aliphatic rings. The highest BCUT2D eigenvalue weighted by Gasteiger charge is 2.19. The molecule has 0 aromatic carbocycles. The second-order valence-corrected chi connectivity index (χ2v) is 6.07. The van der Waals surface area contributed by atoms with Crippen molar-refractivity contribution >= 4 is 5.82 Å². The van der Waals surface area contributed by atoms with Gasteiger partial charge in [-0.1, -0.05) is 0 Å². The van der Waals surface area contributed by atoms with E-state index in [2.05, 4.69) is 22.2 Å². The van der Waals surface area contributed by atoms with Crippen LogP contribution >= 0.6 is 0 Å². The van der Waals surface area contributed by atoms with Gasteiger partial charge in [-0.15, -0.1) is 0 Å². The molecule has 0 amide bonds. The monoisotopic (exact) mass is 317 g/mol. The normalized spacial score (nSPS) is 12.9. The molecule has 1 N–H and O–H groups in total. The zero-order chi connectivity index (χ0) is 16.4. The SMILES string of the molecule is Cc1cnccc1CNc1nc(-c2ccncc2)nc2c1CCC2. The minimum Gasteiger partial charge on any atom is -0.366 e. The fourth-order valence-electron chi connectivity index (χ4n) is 3.09. The highest BCUT2D eigenvalue weighted by atomic mass is 15.0. The first-order valence-corrected chi connectivity index (χ1v) is 8.25. The number of pyridine rings is 2. The van der Waals surface area contributed by atoms with Crippen molar-refractivity contribution in [3.63, 3.8) is 0 Å². The topological polar surface area (TPSA) is 63.6 Å². The van der Waals surface area contributed by atoms with Gasteiger partial charge in [0.15, 0.2) is 5.82 Å². The summed E-state index contributed by atoms with van der Waals surface area (Å²) >= 11 is 0. The Morgan fingerprint density at radius 3 is 2.67 bits per heavy atom. The molecule has 0 radical (unpaired) electrons. The molecule has 0 fully saturated rings. The fraction of sp³-hybridized carbons (Fsp3) is 0.263. The van der Waals surface area contributed by atoms with Crippen molar-refractivity contribution in [3.8, 4) is 11.4 Å². The van der Waals surface area contributed by atoms with E-state index in [1.165, 1.54) is 22.4 Å². The van der Waals surface area contributed by atoms with E-state index in [0.29, 0.717) is 0 Å². The van der Waals surface area contributed by atoms with Gasteiger partial charge in [0.05, 0.1) is 0 Å². The second kappa shape index (κ2) is 6.35. The quantitative estimate of drug-likeness (QED) is 0.799. The predicted octanol–water partition coefficient (Wildman–Crippen LogP) is 3.34. The molecule has 3 aromatic rings. The maximum Gasteiger partial charge on any atom is 0.161 e. The Morgan fingerprint density at radius 2 is 1.83 bits per heavy atom. The molecule has 0 bridgehead atoms. The summed E-state index contributed by atoms with van der Waals surface area (Å²) in [6, 6.07) is 5.95. The van der Waals surface area contributed by atoms with E-state index in [4.69, 9.17) is 9.97 Å². The summed E-state index contributed by atoms with van der Waals surface area (Å²) in [7, 11) is 0. The van der Waals surface area contributed by atoms with Gasteiger partial charge in [-0.2, -0.15) is 0 Å². The Labute approximate surface area is 141 Å². The molecule has 0 spiro atoms. The number of hydrogen-bond donors (Lipinski definition) is 1. The van der Waals surface area contributed by atoms with Crippen LogP contribution in [-0.2, 0) is 19.4 Å². The Balaban J connectivity index is 1.67. The first kappa shape index (κ1) is 14.8. The summed E-state index contributed by atoms with van der Waals surface area (Å²) in [5, 5.41) is 3.52. The molecule has 0 atom stereocenters. The van der Waals surface area contributed by atoms with Gasteiger partial charge >= 0.3 is 0 Å². The number of hydrogen-bond acceptors (Lipinski definition) is 5. The second-order valence-electron chi connectivity index (χ2n) is 6.07. The molecule has 0 saturated heterocycles. The van der Waals surface area contributed by atoms with E-state index < -0.39 is 0 Å².